The van der Waals surface area contributed by atoms with Crippen LogP contribution in [0.3, 0.4) is 0 Å². The van der Waals surface area contributed by atoms with Gasteiger partial charge in [-0.1, -0.05) is 49.6 Å². The summed E-state index contributed by atoms with van der Waals surface area (Å²) in [5.41, 5.74) is 6.58. The number of fused-ring (bicyclic) bond motifs is 1. The molecule has 4 heterocycles. The van der Waals surface area contributed by atoms with E-state index in [1.807, 2.05) is 67.2 Å². The van der Waals surface area contributed by atoms with Crippen molar-refractivity contribution in [2.75, 3.05) is 23.8 Å². The largest absolute Gasteiger partial charge is 0.388 e. The molecule has 0 amide bonds. The zero-order chi connectivity index (χ0) is 25.1. The smallest absolute Gasteiger partial charge is 0.246 e. The molecule has 3 aromatic heterocycles. The van der Waals surface area contributed by atoms with E-state index in [1.54, 1.807) is 0 Å². The first kappa shape index (κ1) is 23.4. The summed E-state index contributed by atoms with van der Waals surface area (Å²) >= 11 is 0. The van der Waals surface area contributed by atoms with Gasteiger partial charge >= 0.3 is 0 Å². The minimum absolute atomic E-state index is 0.136. The van der Waals surface area contributed by atoms with Crippen molar-refractivity contribution in [1.29, 1.82) is 0 Å². The number of likely N-dealkylation sites (N-methyl/N-ethyl adjacent to an activating group) is 1. The molecule has 0 spiro atoms. The Labute approximate surface area is 211 Å². The van der Waals surface area contributed by atoms with Crippen LogP contribution in [0.1, 0.15) is 31.5 Å². The fraction of sp³-hybridized carbons (Fsp3) is 0.207. The number of nitrogens with one attached hydrogen (secondary N) is 2. The Balaban J connectivity index is 1.60. The number of anilines is 2. The molecule has 0 bridgehead atoms. The fourth-order valence-electron chi connectivity index (χ4n) is 4.65. The summed E-state index contributed by atoms with van der Waals surface area (Å²) in [7, 11) is 1.86. The van der Waals surface area contributed by atoms with Crippen molar-refractivity contribution in [3.63, 3.8) is 0 Å². The average Bonchev–Trinajstić information content (AvgIpc) is 3.57. The molecule has 7 nitrogen and oxygen atoms in total. The van der Waals surface area contributed by atoms with Gasteiger partial charge in [0, 0.05) is 36.7 Å². The summed E-state index contributed by atoms with van der Waals surface area (Å²) in [6.45, 7) is 11.1. The number of aromatic nitrogens is 4. The van der Waals surface area contributed by atoms with Crippen molar-refractivity contribution >= 4 is 17.3 Å². The van der Waals surface area contributed by atoms with Gasteiger partial charge in [0.25, 0.3) is 0 Å². The molecule has 0 aliphatic carbocycles. The van der Waals surface area contributed by atoms with E-state index in [-0.39, 0.29) is 6.04 Å². The quantitative estimate of drug-likeness (QED) is 0.316. The Morgan fingerprint density at radius 2 is 1.86 bits per heavy atom. The summed E-state index contributed by atoms with van der Waals surface area (Å²) in [5, 5.41) is 11.5. The molecule has 0 saturated carbocycles. The molecule has 2 N–H and O–H groups in total. The van der Waals surface area contributed by atoms with Gasteiger partial charge in [0.05, 0.1) is 17.4 Å². The van der Waals surface area contributed by atoms with E-state index in [2.05, 4.69) is 57.9 Å². The highest BCUT2D eigenvalue weighted by molar-refractivity contribution is 5.77. The van der Waals surface area contributed by atoms with Crippen LogP contribution < -0.4 is 15.5 Å². The average molecular weight is 478 g/mol. The summed E-state index contributed by atoms with van der Waals surface area (Å²) in [6.07, 6.45) is 5.88. The third-order valence-electron chi connectivity index (χ3n) is 6.56. The molecule has 182 valence electrons. The molecular formula is C29H31N7. The number of nitrogens with zero attached hydrogens (tertiary/aromatic N) is 5. The number of pyridine rings is 1. The van der Waals surface area contributed by atoms with Crippen LogP contribution in [-0.2, 0) is 0 Å². The van der Waals surface area contributed by atoms with Gasteiger partial charge in [-0.25, -0.2) is 4.52 Å². The third-order valence-corrected chi connectivity index (χ3v) is 6.56. The maximum absolute atomic E-state index is 5.03. The first-order valence-corrected chi connectivity index (χ1v) is 12.2. The second-order valence-electron chi connectivity index (χ2n) is 8.95. The van der Waals surface area contributed by atoms with Crippen molar-refractivity contribution < 1.29 is 0 Å². The molecular weight excluding hydrogens is 446 g/mol. The molecule has 1 unspecified atom stereocenters. The fourth-order valence-corrected chi connectivity index (χ4v) is 4.65. The molecule has 1 aliphatic rings. The lowest BCUT2D eigenvalue weighted by atomic mass is 10.1. The van der Waals surface area contributed by atoms with Crippen LogP contribution in [-0.4, -0.2) is 33.2 Å². The molecule has 1 aromatic carbocycles. The zero-order valence-corrected chi connectivity index (χ0v) is 20.8. The minimum atomic E-state index is 0.136. The number of hydrogen-bond acceptors (Lipinski definition) is 6. The van der Waals surface area contributed by atoms with E-state index in [9.17, 15) is 0 Å². The van der Waals surface area contributed by atoms with Gasteiger partial charge in [0.2, 0.25) is 5.95 Å². The van der Waals surface area contributed by atoms with E-state index in [0.717, 1.165) is 58.8 Å². The van der Waals surface area contributed by atoms with Crippen LogP contribution in [0, 0.1) is 0 Å². The molecule has 0 radical (unpaired) electrons. The van der Waals surface area contributed by atoms with Crippen LogP contribution in [0.5, 0.6) is 0 Å². The molecule has 36 heavy (non-hydrogen) atoms. The van der Waals surface area contributed by atoms with Crippen LogP contribution in [0.25, 0.3) is 16.8 Å². The third kappa shape index (κ3) is 4.60. The number of allylic oxidation sites excluding steroid dienone is 2. The van der Waals surface area contributed by atoms with Gasteiger partial charge in [0.1, 0.15) is 5.52 Å². The second-order valence-corrected chi connectivity index (χ2v) is 8.95. The second kappa shape index (κ2) is 10.1. The van der Waals surface area contributed by atoms with Crippen molar-refractivity contribution in [2.24, 2.45) is 0 Å². The molecule has 1 fully saturated rings. The lowest BCUT2D eigenvalue weighted by Crippen LogP contribution is -2.26. The first-order chi connectivity index (χ1) is 17.5. The molecule has 4 aromatic rings. The van der Waals surface area contributed by atoms with E-state index in [1.165, 1.54) is 0 Å². The van der Waals surface area contributed by atoms with Gasteiger partial charge in [-0.15, -0.1) is 5.10 Å². The molecule has 5 rings (SSSR count). The highest BCUT2D eigenvalue weighted by Gasteiger charge is 2.30. The van der Waals surface area contributed by atoms with Gasteiger partial charge in [0.15, 0.2) is 5.82 Å². The van der Waals surface area contributed by atoms with Crippen molar-refractivity contribution in [2.45, 2.75) is 25.8 Å². The van der Waals surface area contributed by atoms with E-state index in [0.29, 0.717) is 11.8 Å². The van der Waals surface area contributed by atoms with Gasteiger partial charge in [-0.2, -0.15) is 4.98 Å². The maximum Gasteiger partial charge on any atom is 0.246 e. The standard InChI is InChI=1S/C29H31N7/c1-20(22(3)30-4)19-21(2)32-28-27-16-15-25(23-11-6-5-7-12-23)36(27)34-29(33-28)35-18-10-14-26(35)24-13-8-9-17-31-24/h5-9,11-13,15-17,19,26,30H,2-3,10,14,18H2,1,4H3,(H,32,33,34)/b20-19+. The van der Waals surface area contributed by atoms with Crippen molar-refractivity contribution in [3.8, 4) is 11.3 Å². The number of rotatable bonds is 8. The van der Waals surface area contributed by atoms with E-state index in [4.69, 9.17) is 10.1 Å². The molecule has 1 aliphatic heterocycles. The molecule has 1 saturated heterocycles. The van der Waals surface area contributed by atoms with Crippen molar-refractivity contribution in [1.82, 2.24) is 24.9 Å². The maximum atomic E-state index is 5.03. The first-order valence-electron chi connectivity index (χ1n) is 12.2. The Kier molecular flexibility index (Phi) is 6.54. The van der Waals surface area contributed by atoms with Gasteiger partial charge in [-0.3, -0.25) is 4.98 Å². The van der Waals surface area contributed by atoms with Crippen molar-refractivity contribution in [3.05, 3.63) is 109 Å². The van der Waals surface area contributed by atoms with Crippen LogP contribution in [0.2, 0.25) is 0 Å². The Hall–Kier alpha value is -4.39. The normalized spacial score (nSPS) is 15.8. The Morgan fingerprint density at radius 3 is 2.61 bits per heavy atom. The SMILES string of the molecule is C=C(/C=C(\C)C(=C)NC)Nc1nc(N2CCCC2c2ccccn2)nn2c(-c3ccccc3)ccc12. The van der Waals surface area contributed by atoms with E-state index < -0.39 is 0 Å². The summed E-state index contributed by atoms with van der Waals surface area (Å²) in [4.78, 5) is 11.9. The highest BCUT2D eigenvalue weighted by atomic mass is 15.4. The minimum Gasteiger partial charge on any atom is -0.388 e. The summed E-state index contributed by atoms with van der Waals surface area (Å²) in [5.74, 6) is 1.37. The predicted molar refractivity (Wildman–Crippen MR) is 147 cm³/mol. The monoisotopic (exact) mass is 477 g/mol. The van der Waals surface area contributed by atoms with Crippen LogP contribution >= 0.6 is 0 Å². The van der Waals surface area contributed by atoms with Crippen LogP contribution in [0.4, 0.5) is 11.8 Å². The van der Waals surface area contributed by atoms with Crippen LogP contribution in [0.15, 0.2) is 103 Å². The molecule has 1 atom stereocenters. The number of hydrogen-bond donors (Lipinski definition) is 2. The van der Waals surface area contributed by atoms with Gasteiger partial charge in [-0.05, 0) is 55.7 Å². The molecule has 7 heteroatoms. The van der Waals surface area contributed by atoms with Gasteiger partial charge < -0.3 is 15.5 Å². The predicted octanol–water partition coefficient (Wildman–Crippen LogP) is 5.74. The zero-order valence-electron chi connectivity index (χ0n) is 20.8. The lowest BCUT2D eigenvalue weighted by molar-refractivity contribution is 0.671. The van der Waals surface area contributed by atoms with E-state index >= 15 is 0 Å². The lowest BCUT2D eigenvalue weighted by Gasteiger charge is -2.25. The Morgan fingerprint density at radius 1 is 1.06 bits per heavy atom. The Bertz CT molecular complexity index is 1420. The number of benzene rings is 1. The topological polar surface area (TPSA) is 70.4 Å². The summed E-state index contributed by atoms with van der Waals surface area (Å²) in [6, 6.07) is 20.6. The highest BCUT2D eigenvalue weighted by Crippen LogP contribution is 2.35. The summed E-state index contributed by atoms with van der Waals surface area (Å²) < 4.78 is 1.98.